The number of aromatic amines is 1. The van der Waals surface area contributed by atoms with E-state index in [0.717, 1.165) is 33.5 Å². The largest absolute Gasteiger partial charge is 0.497 e. The number of amides is 1. The number of hydrogen-bond acceptors (Lipinski definition) is 4. The third kappa shape index (κ3) is 4.12. The molecule has 0 bridgehead atoms. The molecule has 0 spiro atoms. The molecule has 4 aromatic rings. The van der Waals surface area contributed by atoms with Crippen LogP contribution in [0.25, 0.3) is 22.2 Å². The van der Waals surface area contributed by atoms with Gasteiger partial charge in [-0.15, -0.1) is 0 Å². The molecule has 146 valence electrons. The minimum atomic E-state index is -0.636. The Labute approximate surface area is 168 Å². The van der Waals surface area contributed by atoms with Crippen molar-refractivity contribution < 1.29 is 9.53 Å². The maximum absolute atomic E-state index is 12.5. The lowest BCUT2D eigenvalue weighted by Gasteiger charge is -2.13. The molecule has 0 fully saturated rings. The van der Waals surface area contributed by atoms with E-state index < -0.39 is 6.04 Å². The van der Waals surface area contributed by atoms with Crippen molar-refractivity contribution >= 4 is 22.6 Å². The first-order chi connectivity index (χ1) is 14.1. The molecule has 2 aromatic heterocycles. The molecular formula is C23H22N4O2. The average Bonchev–Trinajstić information content (AvgIpc) is 3.24. The number of hydrogen-bond donors (Lipinski definition) is 3. The van der Waals surface area contributed by atoms with Crippen molar-refractivity contribution in [1.82, 2.24) is 9.97 Å². The van der Waals surface area contributed by atoms with Gasteiger partial charge in [-0.3, -0.25) is 4.79 Å². The number of carbonyl (C=O) groups is 1. The molecule has 4 rings (SSSR count). The Hall–Kier alpha value is -3.64. The van der Waals surface area contributed by atoms with E-state index in [1.54, 1.807) is 13.3 Å². The number of nitrogens with two attached hydrogens (primary N) is 1. The fourth-order valence-electron chi connectivity index (χ4n) is 3.29. The predicted octanol–water partition coefficient (Wildman–Crippen LogP) is 3.75. The maximum Gasteiger partial charge on any atom is 0.241 e. The molecule has 1 atom stereocenters. The second-order valence-electron chi connectivity index (χ2n) is 6.82. The number of pyridine rings is 1. The fraction of sp³-hybridized carbons (Fsp3) is 0.130. The Morgan fingerprint density at radius 1 is 1.10 bits per heavy atom. The lowest BCUT2D eigenvalue weighted by molar-refractivity contribution is -0.117. The zero-order valence-electron chi connectivity index (χ0n) is 16.1. The molecule has 2 aromatic carbocycles. The number of benzene rings is 2. The third-order valence-electron chi connectivity index (χ3n) is 4.88. The Balaban J connectivity index is 1.42. The summed E-state index contributed by atoms with van der Waals surface area (Å²) in [5.41, 5.74) is 10.8. The van der Waals surface area contributed by atoms with Crippen molar-refractivity contribution in [2.45, 2.75) is 12.5 Å². The lowest BCUT2D eigenvalue weighted by Crippen LogP contribution is -2.37. The van der Waals surface area contributed by atoms with Crippen LogP contribution in [0.1, 0.15) is 5.56 Å². The molecule has 0 aliphatic heterocycles. The van der Waals surface area contributed by atoms with E-state index >= 15 is 0 Å². The average molecular weight is 386 g/mol. The van der Waals surface area contributed by atoms with Crippen LogP contribution in [-0.4, -0.2) is 29.0 Å². The van der Waals surface area contributed by atoms with Crippen molar-refractivity contribution in [3.8, 4) is 16.9 Å². The molecule has 6 heteroatoms. The number of H-pyrrole nitrogens is 1. The number of ether oxygens (including phenoxy) is 1. The van der Waals surface area contributed by atoms with Crippen LogP contribution in [0.4, 0.5) is 5.69 Å². The van der Waals surface area contributed by atoms with Crippen molar-refractivity contribution in [2.75, 3.05) is 12.4 Å². The normalized spacial score (nSPS) is 11.9. The van der Waals surface area contributed by atoms with Gasteiger partial charge in [0.2, 0.25) is 5.91 Å². The van der Waals surface area contributed by atoms with E-state index in [9.17, 15) is 4.79 Å². The van der Waals surface area contributed by atoms with Gasteiger partial charge in [0.05, 0.1) is 13.2 Å². The summed E-state index contributed by atoms with van der Waals surface area (Å²) in [6.45, 7) is 0. The second kappa shape index (κ2) is 8.16. The van der Waals surface area contributed by atoms with Crippen LogP contribution in [0.2, 0.25) is 0 Å². The van der Waals surface area contributed by atoms with E-state index in [-0.39, 0.29) is 5.91 Å². The zero-order valence-corrected chi connectivity index (χ0v) is 16.1. The monoisotopic (exact) mass is 386 g/mol. The summed E-state index contributed by atoms with van der Waals surface area (Å²) in [5, 5.41) is 3.95. The summed E-state index contributed by atoms with van der Waals surface area (Å²) in [5.74, 6) is 0.559. The van der Waals surface area contributed by atoms with Crippen LogP contribution < -0.4 is 15.8 Å². The molecule has 1 amide bonds. The molecule has 0 unspecified atom stereocenters. The molecule has 2 heterocycles. The van der Waals surface area contributed by atoms with Gasteiger partial charge in [-0.1, -0.05) is 24.3 Å². The summed E-state index contributed by atoms with van der Waals surface area (Å²) in [6, 6.07) is 18.6. The number of aromatic nitrogens is 2. The van der Waals surface area contributed by atoms with Gasteiger partial charge in [0.1, 0.15) is 11.4 Å². The SMILES string of the molecule is COc1ccc(C[C@@H](N)C(=O)Nc2ccc(-c3ccnc4[nH]ccc34)cc2)cc1. The van der Waals surface area contributed by atoms with Crippen LogP contribution in [-0.2, 0) is 11.2 Å². The third-order valence-corrected chi connectivity index (χ3v) is 4.88. The minimum Gasteiger partial charge on any atom is -0.497 e. The van der Waals surface area contributed by atoms with Gasteiger partial charge in [-0.05, 0) is 59.5 Å². The standard InChI is InChI=1S/C23H22N4O2/c1-29-18-8-2-15(3-9-18)14-21(24)23(28)27-17-6-4-16(5-7-17)19-10-12-25-22-20(19)11-13-26-22/h2-13,21H,14,24H2,1H3,(H,25,26)(H,27,28)/t21-/m1/s1. The topological polar surface area (TPSA) is 93.0 Å². The van der Waals surface area contributed by atoms with E-state index in [4.69, 9.17) is 10.5 Å². The lowest BCUT2D eigenvalue weighted by atomic mass is 10.0. The molecule has 6 nitrogen and oxygen atoms in total. The van der Waals surface area contributed by atoms with Gasteiger partial charge >= 0.3 is 0 Å². The molecule has 0 saturated carbocycles. The van der Waals surface area contributed by atoms with Gasteiger partial charge < -0.3 is 20.8 Å². The first kappa shape index (κ1) is 18.7. The van der Waals surface area contributed by atoms with Gasteiger partial charge in [-0.25, -0.2) is 4.98 Å². The van der Waals surface area contributed by atoms with Gasteiger partial charge in [0, 0.05) is 23.5 Å². The highest BCUT2D eigenvalue weighted by molar-refractivity contribution is 5.96. The summed E-state index contributed by atoms with van der Waals surface area (Å²) in [7, 11) is 1.62. The van der Waals surface area contributed by atoms with Crippen molar-refractivity contribution in [1.29, 1.82) is 0 Å². The minimum absolute atomic E-state index is 0.217. The Morgan fingerprint density at radius 2 is 1.86 bits per heavy atom. The Bertz CT molecular complexity index is 1120. The highest BCUT2D eigenvalue weighted by atomic mass is 16.5. The maximum atomic E-state index is 12.5. The van der Waals surface area contributed by atoms with Gasteiger partial charge in [0.15, 0.2) is 0 Å². The number of carbonyl (C=O) groups excluding carboxylic acids is 1. The molecule has 0 saturated heterocycles. The van der Waals surface area contributed by atoms with E-state index in [1.807, 2.05) is 66.9 Å². The van der Waals surface area contributed by atoms with Crippen LogP contribution >= 0.6 is 0 Å². The van der Waals surface area contributed by atoms with Gasteiger partial charge in [-0.2, -0.15) is 0 Å². The quantitative estimate of drug-likeness (QED) is 0.470. The van der Waals surface area contributed by atoms with Crippen molar-refractivity contribution in [3.05, 3.63) is 78.6 Å². The number of anilines is 1. The predicted molar refractivity (Wildman–Crippen MR) is 115 cm³/mol. The van der Waals surface area contributed by atoms with Crippen molar-refractivity contribution in [2.24, 2.45) is 5.73 Å². The smallest absolute Gasteiger partial charge is 0.241 e. The van der Waals surface area contributed by atoms with Gasteiger partial charge in [0.25, 0.3) is 0 Å². The number of nitrogens with one attached hydrogen (secondary N) is 2. The molecular weight excluding hydrogens is 364 g/mol. The van der Waals surface area contributed by atoms with Crippen LogP contribution in [0.5, 0.6) is 5.75 Å². The highest BCUT2D eigenvalue weighted by Gasteiger charge is 2.15. The Morgan fingerprint density at radius 3 is 2.59 bits per heavy atom. The summed E-state index contributed by atoms with van der Waals surface area (Å²) >= 11 is 0. The fourth-order valence-corrected chi connectivity index (χ4v) is 3.29. The van der Waals surface area contributed by atoms with Crippen LogP contribution in [0.3, 0.4) is 0 Å². The molecule has 0 aliphatic rings. The summed E-state index contributed by atoms with van der Waals surface area (Å²) < 4.78 is 5.15. The molecule has 4 N–H and O–H groups in total. The highest BCUT2D eigenvalue weighted by Crippen LogP contribution is 2.27. The Kier molecular flexibility index (Phi) is 5.27. The summed E-state index contributed by atoms with van der Waals surface area (Å²) in [4.78, 5) is 19.9. The van der Waals surface area contributed by atoms with E-state index in [2.05, 4.69) is 15.3 Å². The molecule has 0 aliphatic carbocycles. The molecule has 0 radical (unpaired) electrons. The van der Waals surface area contributed by atoms with Crippen LogP contribution in [0.15, 0.2) is 73.1 Å². The second-order valence-corrected chi connectivity index (χ2v) is 6.82. The van der Waals surface area contributed by atoms with Crippen LogP contribution in [0, 0.1) is 0 Å². The number of methoxy groups -OCH3 is 1. The van der Waals surface area contributed by atoms with E-state index in [0.29, 0.717) is 12.1 Å². The number of nitrogens with zero attached hydrogens (tertiary/aromatic N) is 1. The number of fused-ring (bicyclic) bond motifs is 1. The number of rotatable bonds is 6. The van der Waals surface area contributed by atoms with E-state index in [1.165, 1.54) is 0 Å². The first-order valence-corrected chi connectivity index (χ1v) is 9.36. The first-order valence-electron chi connectivity index (χ1n) is 9.36. The summed E-state index contributed by atoms with van der Waals surface area (Å²) in [6.07, 6.45) is 4.11. The molecule has 29 heavy (non-hydrogen) atoms. The van der Waals surface area contributed by atoms with Crippen molar-refractivity contribution in [3.63, 3.8) is 0 Å². The zero-order chi connectivity index (χ0) is 20.2.